The van der Waals surface area contributed by atoms with E-state index in [4.69, 9.17) is 5.11 Å². The second-order valence-corrected chi connectivity index (χ2v) is 3.39. The van der Waals surface area contributed by atoms with Gasteiger partial charge in [0.25, 0.3) is 0 Å². The quantitative estimate of drug-likeness (QED) is 0.802. The lowest BCUT2D eigenvalue weighted by molar-refractivity contribution is 0.0690. The first kappa shape index (κ1) is 8.25. The third-order valence-corrected chi connectivity index (χ3v) is 2.30. The molecule has 2 rings (SSSR count). The van der Waals surface area contributed by atoms with Crippen molar-refractivity contribution in [3.05, 3.63) is 28.5 Å². The molecule has 0 aliphatic carbocycles. The molecule has 0 aromatic carbocycles. The molecule has 0 aliphatic heterocycles. The number of nitrogens with zero attached hydrogens (tertiary/aromatic N) is 1. The van der Waals surface area contributed by atoms with Gasteiger partial charge < -0.3 is 10.1 Å². The molecule has 13 heavy (non-hydrogen) atoms. The molecule has 0 saturated carbocycles. The minimum atomic E-state index is -1.04. The lowest BCUT2D eigenvalue weighted by Gasteiger charge is -1.97. The first-order valence-electron chi connectivity index (χ1n) is 3.55. The van der Waals surface area contributed by atoms with Gasteiger partial charge in [0.2, 0.25) is 0 Å². The van der Waals surface area contributed by atoms with E-state index in [0.717, 1.165) is 5.39 Å². The smallest absolute Gasteiger partial charge is 0.355 e. The number of carbonyl (C=O) groups is 1. The van der Waals surface area contributed by atoms with Gasteiger partial charge in [0.1, 0.15) is 5.65 Å². The van der Waals surface area contributed by atoms with Gasteiger partial charge in [0.05, 0.1) is 4.47 Å². The number of H-pyrrole nitrogens is 1. The van der Waals surface area contributed by atoms with Crippen LogP contribution in [0.1, 0.15) is 10.5 Å². The fourth-order valence-corrected chi connectivity index (χ4v) is 1.61. The number of halogens is 1. The summed E-state index contributed by atoms with van der Waals surface area (Å²) in [6.45, 7) is 0. The largest absolute Gasteiger partial charge is 0.476 e. The Kier molecular flexibility index (Phi) is 1.81. The standard InChI is InChI=1S/C8H5BrN2O2/c9-5-3-4-1-2-10-7(4)11-6(5)8(12)13/h1-3H,(H,10,11)(H,12,13). The number of hydrogen-bond acceptors (Lipinski definition) is 2. The van der Waals surface area contributed by atoms with Crippen LogP contribution in [0.15, 0.2) is 22.8 Å². The molecule has 0 amide bonds. The van der Waals surface area contributed by atoms with E-state index >= 15 is 0 Å². The van der Waals surface area contributed by atoms with Crippen molar-refractivity contribution in [3.8, 4) is 0 Å². The highest BCUT2D eigenvalue weighted by atomic mass is 79.9. The number of fused-ring (bicyclic) bond motifs is 1. The highest BCUT2D eigenvalue weighted by Gasteiger charge is 2.11. The molecule has 5 heteroatoms. The second-order valence-electron chi connectivity index (χ2n) is 2.54. The Morgan fingerprint density at radius 3 is 3.08 bits per heavy atom. The fourth-order valence-electron chi connectivity index (χ4n) is 1.11. The average molecular weight is 241 g/mol. The van der Waals surface area contributed by atoms with Gasteiger partial charge >= 0.3 is 5.97 Å². The van der Waals surface area contributed by atoms with E-state index in [0.29, 0.717) is 10.1 Å². The van der Waals surface area contributed by atoms with Crippen LogP contribution in [-0.4, -0.2) is 21.0 Å². The van der Waals surface area contributed by atoms with Crippen molar-refractivity contribution >= 4 is 32.9 Å². The fraction of sp³-hybridized carbons (Fsp3) is 0. The van der Waals surface area contributed by atoms with E-state index in [1.807, 2.05) is 6.07 Å². The third kappa shape index (κ3) is 1.31. The number of aromatic amines is 1. The number of aromatic nitrogens is 2. The van der Waals surface area contributed by atoms with E-state index in [1.165, 1.54) is 0 Å². The van der Waals surface area contributed by atoms with Crippen LogP contribution in [0.5, 0.6) is 0 Å². The Hall–Kier alpha value is -1.36. The molecule has 0 unspecified atom stereocenters. The second kappa shape index (κ2) is 2.85. The van der Waals surface area contributed by atoms with Gasteiger partial charge in [-0.1, -0.05) is 0 Å². The van der Waals surface area contributed by atoms with Crippen molar-refractivity contribution in [1.29, 1.82) is 0 Å². The van der Waals surface area contributed by atoms with Crippen LogP contribution in [0.3, 0.4) is 0 Å². The number of rotatable bonds is 1. The van der Waals surface area contributed by atoms with E-state index in [-0.39, 0.29) is 5.69 Å². The number of pyridine rings is 1. The minimum absolute atomic E-state index is 0.0231. The van der Waals surface area contributed by atoms with Crippen molar-refractivity contribution in [2.45, 2.75) is 0 Å². The van der Waals surface area contributed by atoms with Crippen molar-refractivity contribution < 1.29 is 9.90 Å². The predicted octanol–water partition coefficient (Wildman–Crippen LogP) is 2.02. The summed E-state index contributed by atoms with van der Waals surface area (Å²) < 4.78 is 0.493. The minimum Gasteiger partial charge on any atom is -0.476 e. The predicted molar refractivity (Wildman–Crippen MR) is 50.8 cm³/mol. The van der Waals surface area contributed by atoms with Crippen LogP contribution >= 0.6 is 15.9 Å². The van der Waals surface area contributed by atoms with Crippen LogP contribution < -0.4 is 0 Å². The zero-order chi connectivity index (χ0) is 9.42. The lowest BCUT2D eigenvalue weighted by atomic mass is 10.3. The number of aromatic carboxylic acids is 1. The number of carboxylic acids is 1. The van der Waals surface area contributed by atoms with Crippen LogP contribution in [0.2, 0.25) is 0 Å². The first-order valence-corrected chi connectivity index (χ1v) is 4.34. The van der Waals surface area contributed by atoms with E-state index in [1.54, 1.807) is 12.3 Å². The molecule has 2 heterocycles. The lowest BCUT2D eigenvalue weighted by Crippen LogP contribution is -2.01. The summed E-state index contributed by atoms with van der Waals surface area (Å²) in [7, 11) is 0. The highest BCUT2D eigenvalue weighted by molar-refractivity contribution is 9.10. The van der Waals surface area contributed by atoms with Crippen molar-refractivity contribution in [2.24, 2.45) is 0 Å². The molecule has 66 valence electrons. The number of nitrogens with one attached hydrogen (secondary N) is 1. The van der Waals surface area contributed by atoms with E-state index in [2.05, 4.69) is 25.9 Å². The molecule has 0 radical (unpaired) electrons. The molecule has 2 N–H and O–H groups in total. The molecule has 0 aliphatic rings. The van der Waals surface area contributed by atoms with Gasteiger partial charge in [-0.25, -0.2) is 9.78 Å². The molecule has 2 aromatic heterocycles. The maximum Gasteiger partial charge on any atom is 0.355 e. The van der Waals surface area contributed by atoms with Crippen molar-refractivity contribution in [2.75, 3.05) is 0 Å². The summed E-state index contributed by atoms with van der Waals surface area (Å²) in [5.41, 5.74) is 0.607. The van der Waals surface area contributed by atoms with Crippen molar-refractivity contribution in [3.63, 3.8) is 0 Å². The number of carboxylic acid groups (broad SMARTS) is 1. The zero-order valence-corrected chi connectivity index (χ0v) is 8.00. The molecule has 4 nitrogen and oxygen atoms in total. The average Bonchev–Trinajstić information content (AvgIpc) is 2.48. The zero-order valence-electron chi connectivity index (χ0n) is 6.41. The maximum atomic E-state index is 10.7. The topological polar surface area (TPSA) is 66.0 Å². The van der Waals surface area contributed by atoms with E-state index < -0.39 is 5.97 Å². The SMILES string of the molecule is O=C(O)c1nc2[nH]ccc2cc1Br. The Balaban J connectivity index is 2.76. The number of hydrogen-bond donors (Lipinski definition) is 2. The Morgan fingerprint density at radius 1 is 1.62 bits per heavy atom. The van der Waals surface area contributed by atoms with Crippen LogP contribution in [0.4, 0.5) is 0 Å². The molecular weight excluding hydrogens is 236 g/mol. The molecule has 0 saturated heterocycles. The molecular formula is C8H5BrN2O2. The van der Waals surface area contributed by atoms with Crippen LogP contribution in [-0.2, 0) is 0 Å². The molecule has 0 spiro atoms. The van der Waals surface area contributed by atoms with Crippen LogP contribution in [0.25, 0.3) is 11.0 Å². The van der Waals surface area contributed by atoms with Gasteiger partial charge in [-0.3, -0.25) is 0 Å². The Bertz CT molecular complexity index is 478. The maximum absolute atomic E-state index is 10.7. The summed E-state index contributed by atoms with van der Waals surface area (Å²) >= 11 is 3.15. The summed E-state index contributed by atoms with van der Waals surface area (Å²) in [6, 6.07) is 3.56. The third-order valence-electron chi connectivity index (χ3n) is 1.69. The van der Waals surface area contributed by atoms with E-state index in [9.17, 15) is 4.79 Å². The van der Waals surface area contributed by atoms with Gasteiger partial charge in [-0.05, 0) is 28.1 Å². The molecule has 0 fully saturated rings. The van der Waals surface area contributed by atoms with Gasteiger partial charge in [0.15, 0.2) is 5.69 Å². The Morgan fingerprint density at radius 2 is 2.38 bits per heavy atom. The summed E-state index contributed by atoms with van der Waals surface area (Å²) in [5, 5.41) is 9.64. The first-order chi connectivity index (χ1) is 6.18. The normalized spacial score (nSPS) is 10.5. The summed E-state index contributed by atoms with van der Waals surface area (Å²) in [4.78, 5) is 17.5. The summed E-state index contributed by atoms with van der Waals surface area (Å²) in [5.74, 6) is -1.04. The molecule has 0 bridgehead atoms. The Labute approximate surface area is 81.7 Å². The van der Waals surface area contributed by atoms with Gasteiger partial charge in [0, 0.05) is 11.6 Å². The monoisotopic (exact) mass is 240 g/mol. The van der Waals surface area contributed by atoms with Crippen molar-refractivity contribution in [1.82, 2.24) is 9.97 Å². The molecule has 2 aromatic rings. The molecule has 0 atom stereocenters. The van der Waals surface area contributed by atoms with Gasteiger partial charge in [-0.15, -0.1) is 0 Å². The van der Waals surface area contributed by atoms with Crippen LogP contribution in [0, 0.1) is 0 Å². The highest BCUT2D eigenvalue weighted by Crippen LogP contribution is 2.20. The summed E-state index contributed by atoms with van der Waals surface area (Å²) in [6.07, 6.45) is 1.72. The van der Waals surface area contributed by atoms with Gasteiger partial charge in [-0.2, -0.15) is 0 Å².